The number of furan rings is 1. The van der Waals surface area contributed by atoms with Gasteiger partial charge in [0.15, 0.2) is 0 Å². The van der Waals surface area contributed by atoms with Crippen LogP contribution in [0.5, 0.6) is 0 Å². The Balaban J connectivity index is 2.13. The van der Waals surface area contributed by atoms with Crippen molar-refractivity contribution in [2.24, 2.45) is 5.92 Å². The summed E-state index contributed by atoms with van der Waals surface area (Å²) in [6.07, 6.45) is 0.597. The zero-order valence-electron chi connectivity index (χ0n) is 12.1. The molecule has 0 aliphatic heterocycles. The Morgan fingerprint density at radius 2 is 2.00 bits per heavy atom. The molecule has 2 unspecified atom stereocenters. The largest absolute Gasteiger partial charge is 0.480 e. The predicted molar refractivity (Wildman–Crippen MR) is 78.6 cm³/mol. The quantitative estimate of drug-likeness (QED) is 0.845. The molecule has 0 spiro atoms. The molecule has 1 aromatic carbocycles. The zero-order chi connectivity index (χ0) is 14.7. The molecular weight excluding hydrogens is 254 g/mol. The van der Waals surface area contributed by atoms with Gasteiger partial charge in [-0.05, 0) is 31.4 Å². The van der Waals surface area contributed by atoms with E-state index in [9.17, 15) is 9.90 Å². The zero-order valence-corrected chi connectivity index (χ0v) is 12.1. The van der Waals surface area contributed by atoms with Gasteiger partial charge in [0, 0.05) is 5.39 Å². The lowest BCUT2D eigenvalue weighted by molar-refractivity contribution is -0.140. The van der Waals surface area contributed by atoms with E-state index in [1.54, 1.807) is 0 Å². The van der Waals surface area contributed by atoms with E-state index >= 15 is 0 Å². The molecule has 0 aliphatic carbocycles. The number of aliphatic carboxylic acids is 1. The average molecular weight is 275 g/mol. The van der Waals surface area contributed by atoms with Gasteiger partial charge in [-0.2, -0.15) is 0 Å². The van der Waals surface area contributed by atoms with Gasteiger partial charge in [0.25, 0.3) is 0 Å². The van der Waals surface area contributed by atoms with Gasteiger partial charge in [-0.1, -0.05) is 32.0 Å². The van der Waals surface area contributed by atoms with Gasteiger partial charge in [0.2, 0.25) is 0 Å². The third-order valence-corrected chi connectivity index (χ3v) is 3.33. The Labute approximate surface area is 118 Å². The normalized spacial score (nSPS) is 14.6. The molecular formula is C16H21NO3. The van der Waals surface area contributed by atoms with E-state index in [0.29, 0.717) is 12.3 Å². The van der Waals surface area contributed by atoms with Crippen LogP contribution in [0.15, 0.2) is 34.7 Å². The van der Waals surface area contributed by atoms with E-state index in [-0.39, 0.29) is 6.04 Å². The van der Waals surface area contributed by atoms with Gasteiger partial charge in [-0.25, -0.2) is 0 Å². The Kier molecular flexibility index (Phi) is 4.45. The summed E-state index contributed by atoms with van der Waals surface area (Å²) in [5.74, 6) is 0.273. The lowest BCUT2D eigenvalue weighted by Crippen LogP contribution is -2.39. The van der Waals surface area contributed by atoms with Crippen molar-refractivity contribution < 1.29 is 14.3 Å². The van der Waals surface area contributed by atoms with Crippen molar-refractivity contribution in [3.8, 4) is 0 Å². The van der Waals surface area contributed by atoms with Gasteiger partial charge < -0.3 is 9.52 Å². The second kappa shape index (κ2) is 6.09. The molecule has 0 saturated heterocycles. The fraction of sp³-hybridized carbons (Fsp3) is 0.438. The SMILES string of the molecule is CC(C)CC(NC(C)c1cc2ccccc2o1)C(=O)O. The summed E-state index contributed by atoms with van der Waals surface area (Å²) in [5, 5.41) is 13.4. The third-order valence-electron chi connectivity index (χ3n) is 3.33. The van der Waals surface area contributed by atoms with Crippen molar-refractivity contribution in [1.29, 1.82) is 0 Å². The van der Waals surface area contributed by atoms with E-state index in [1.165, 1.54) is 0 Å². The summed E-state index contributed by atoms with van der Waals surface area (Å²) in [6.45, 7) is 5.96. The van der Waals surface area contributed by atoms with Crippen molar-refractivity contribution >= 4 is 16.9 Å². The average Bonchev–Trinajstić information content (AvgIpc) is 2.81. The molecule has 4 heteroatoms. The second-order valence-electron chi connectivity index (χ2n) is 5.60. The van der Waals surface area contributed by atoms with E-state index in [4.69, 9.17) is 4.42 Å². The summed E-state index contributed by atoms with van der Waals surface area (Å²) < 4.78 is 5.76. The number of carboxylic acids is 1. The first-order chi connectivity index (χ1) is 9.47. The summed E-state index contributed by atoms with van der Waals surface area (Å²) in [5.41, 5.74) is 0.826. The molecule has 2 N–H and O–H groups in total. The highest BCUT2D eigenvalue weighted by Gasteiger charge is 2.22. The summed E-state index contributed by atoms with van der Waals surface area (Å²) in [6, 6.07) is 9.04. The van der Waals surface area contributed by atoms with Crippen LogP contribution in [0.3, 0.4) is 0 Å². The molecule has 2 atom stereocenters. The Morgan fingerprint density at radius 1 is 1.30 bits per heavy atom. The van der Waals surface area contributed by atoms with Gasteiger partial charge in [-0.15, -0.1) is 0 Å². The van der Waals surface area contributed by atoms with E-state index in [0.717, 1.165) is 16.7 Å². The van der Waals surface area contributed by atoms with E-state index < -0.39 is 12.0 Å². The minimum absolute atomic E-state index is 0.137. The molecule has 0 fully saturated rings. The number of hydrogen-bond acceptors (Lipinski definition) is 3. The molecule has 0 saturated carbocycles. The Morgan fingerprint density at radius 3 is 2.60 bits per heavy atom. The molecule has 20 heavy (non-hydrogen) atoms. The number of benzene rings is 1. The summed E-state index contributed by atoms with van der Waals surface area (Å²) in [7, 11) is 0. The van der Waals surface area contributed by atoms with Crippen molar-refractivity contribution in [3.05, 3.63) is 36.1 Å². The Hall–Kier alpha value is -1.81. The van der Waals surface area contributed by atoms with Crippen LogP contribution >= 0.6 is 0 Å². The fourth-order valence-corrected chi connectivity index (χ4v) is 2.31. The minimum atomic E-state index is -0.818. The molecule has 0 bridgehead atoms. The molecule has 0 amide bonds. The van der Waals surface area contributed by atoms with Crippen molar-refractivity contribution in [2.75, 3.05) is 0 Å². The lowest BCUT2D eigenvalue weighted by Gasteiger charge is -2.20. The number of nitrogens with one attached hydrogen (secondary N) is 1. The third kappa shape index (κ3) is 3.39. The molecule has 108 valence electrons. The first kappa shape index (κ1) is 14.6. The first-order valence-corrected chi connectivity index (χ1v) is 6.94. The summed E-state index contributed by atoms with van der Waals surface area (Å²) >= 11 is 0. The van der Waals surface area contributed by atoms with Crippen LogP contribution in [0.2, 0.25) is 0 Å². The molecule has 0 radical (unpaired) electrons. The van der Waals surface area contributed by atoms with Crippen LogP contribution < -0.4 is 5.32 Å². The van der Waals surface area contributed by atoms with E-state index in [2.05, 4.69) is 5.32 Å². The second-order valence-corrected chi connectivity index (χ2v) is 5.60. The van der Waals surface area contributed by atoms with Gasteiger partial charge in [0.05, 0.1) is 6.04 Å². The highest BCUT2D eigenvalue weighted by atomic mass is 16.4. The highest BCUT2D eigenvalue weighted by Crippen LogP contribution is 2.24. The van der Waals surface area contributed by atoms with Crippen molar-refractivity contribution in [3.63, 3.8) is 0 Å². The number of para-hydroxylation sites is 1. The Bertz CT molecular complexity index is 555. The van der Waals surface area contributed by atoms with E-state index in [1.807, 2.05) is 51.1 Å². The molecule has 2 aromatic rings. The van der Waals surface area contributed by atoms with Crippen molar-refractivity contribution in [2.45, 2.75) is 39.3 Å². The number of carbonyl (C=O) groups is 1. The number of carboxylic acid groups (broad SMARTS) is 1. The molecule has 4 nitrogen and oxygen atoms in total. The highest BCUT2D eigenvalue weighted by molar-refractivity contribution is 5.78. The van der Waals surface area contributed by atoms with Crippen LogP contribution in [0.4, 0.5) is 0 Å². The van der Waals surface area contributed by atoms with Gasteiger partial charge >= 0.3 is 5.97 Å². The summed E-state index contributed by atoms with van der Waals surface area (Å²) in [4.78, 5) is 11.3. The van der Waals surface area contributed by atoms with Crippen LogP contribution in [0.1, 0.15) is 39.0 Å². The first-order valence-electron chi connectivity index (χ1n) is 6.94. The minimum Gasteiger partial charge on any atom is -0.480 e. The van der Waals surface area contributed by atoms with Crippen molar-refractivity contribution in [1.82, 2.24) is 5.32 Å². The van der Waals surface area contributed by atoms with Crippen LogP contribution in [0, 0.1) is 5.92 Å². The number of fused-ring (bicyclic) bond motifs is 1. The maximum Gasteiger partial charge on any atom is 0.320 e. The molecule has 1 heterocycles. The van der Waals surface area contributed by atoms with Crippen LogP contribution in [-0.4, -0.2) is 17.1 Å². The molecule has 0 aliphatic rings. The standard InChI is InChI=1S/C16H21NO3/c1-10(2)8-13(16(18)19)17-11(3)15-9-12-6-4-5-7-14(12)20-15/h4-7,9-11,13,17H,8H2,1-3H3,(H,18,19). The monoisotopic (exact) mass is 275 g/mol. The van der Waals surface area contributed by atoms with Crippen LogP contribution in [-0.2, 0) is 4.79 Å². The maximum atomic E-state index is 11.3. The molecule has 1 aromatic heterocycles. The van der Waals surface area contributed by atoms with Crippen LogP contribution in [0.25, 0.3) is 11.0 Å². The van der Waals surface area contributed by atoms with Gasteiger partial charge in [-0.3, -0.25) is 10.1 Å². The topological polar surface area (TPSA) is 62.5 Å². The molecule has 2 rings (SSSR count). The predicted octanol–water partition coefficient (Wildman–Crippen LogP) is 3.58. The smallest absolute Gasteiger partial charge is 0.320 e. The maximum absolute atomic E-state index is 11.3. The number of hydrogen-bond donors (Lipinski definition) is 2. The fourth-order valence-electron chi connectivity index (χ4n) is 2.31. The van der Waals surface area contributed by atoms with Gasteiger partial charge in [0.1, 0.15) is 17.4 Å². The lowest BCUT2D eigenvalue weighted by atomic mass is 10.0. The number of rotatable bonds is 6.